The van der Waals surface area contributed by atoms with Gasteiger partial charge in [-0.2, -0.15) is 0 Å². The van der Waals surface area contributed by atoms with Gasteiger partial charge in [-0.1, -0.05) is 26.8 Å². The van der Waals surface area contributed by atoms with E-state index in [-0.39, 0.29) is 11.8 Å². The maximum absolute atomic E-state index is 13.4. The summed E-state index contributed by atoms with van der Waals surface area (Å²) in [6.07, 6.45) is -0.620. The van der Waals surface area contributed by atoms with E-state index in [0.29, 0.717) is 5.56 Å². The van der Waals surface area contributed by atoms with Crippen LogP contribution in [0.5, 0.6) is 0 Å². The van der Waals surface area contributed by atoms with Gasteiger partial charge in [0.1, 0.15) is 11.6 Å². The molecule has 0 aliphatic heterocycles. The van der Waals surface area contributed by atoms with Gasteiger partial charge >= 0.3 is 0 Å². The molecule has 1 aromatic rings. The summed E-state index contributed by atoms with van der Waals surface area (Å²) in [5.74, 6) is -1.47. The average Bonchev–Trinajstić information content (AvgIpc) is 2.15. The fraction of sp³-hybridized carbons (Fsp3) is 0.500. The van der Waals surface area contributed by atoms with Crippen LogP contribution in [0, 0.1) is 17.6 Å². The Morgan fingerprint density at radius 1 is 1.13 bits per heavy atom. The molecule has 1 nitrogen and oxygen atoms in total. The van der Waals surface area contributed by atoms with Crippen LogP contribution in [-0.4, -0.2) is 11.2 Å². The second kappa shape index (κ2) is 4.71. The van der Waals surface area contributed by atoms with E-state index >= 15 is 0 Å². The quantitative estimate of drug-likeness (QED) is 0.819. The van der Waals surface area contributed by atoms with E-state index in [9.17, 15) is 13.9 Å². The Morgan fingerprint density at radius 3 is 2.20 bits per heavy atom. The number of hydrogen-bond donors (Lipinski definition) is 1. The van der Waals surface area contributed by atoms with Crippen molar-refractivity contribution in [1.82, 2.24) is 0 Å². The van der Waals surface area contributed by atoms with Crippen molar-refractivity contribution in [1.29, 1.82) is 0 Å². The molecule has 0 saturated heterocycles. The molecule has 0 aliphatic rings. The summed E-state index contributed by atoms with van der Waals surface area (Å²) < 4.78 is 26.0. The molecular formula is C12H16F2O. The Hall–Kier alpha value is -0.960. The third-order valence-electron chi connectivity index (χ3n) is 2.65. The first-order valence-electron chi connectivity index (χ1n) is 5.06. The van der Waals surface area contributed by atoms with E-state index in [1.807, 2.05) is 13.8 Å². The molecule has 1 N–H and O–H groups in total. The molecule has 15 heavy (non-hydrogen) atoms. The van der Waals surface area contributed by atoms with Gasteiger partial charge in [0.25, 0.3) is 0 Å². The Morgan fingerprint density at radius 2 is 1.73 bits per heavy atom. The standard InChI is InChI=1S/C12H16F2O/c1-7(2)12(15)8(3)10-5-4-9(13)6-11(10)14/h4-8,12,15H,1-3H3. The lowest BCUT2D eigenvalue weighted by atomic mass is 9.88. The lowest BCUT2D eigenvalue weighted by molar-refractivity contribution is 0.101. The van der Waals surface area contributed by atoms with Gasteiger partial charge in [-0.05, 0) is 17.5 Å². The van der Waals surface area contributed by atoms with E-state index in [0.717, 1.165) is 6.07 Å². The molecule has 0 amide bonds. The van der Waals surface area contributed by atoms with Crippen molar-refractivity contribution in [3.05, 3.63) is 35.4 Å². The Kier molecular flexibility index (Phi) is 3.80. The number of aliphatic hydroxyl groups excluding tert-OH is 1. The van der Waals surface area contributed by atoms with Gasteiger partial charge in [-0.15, -0.1) is 0 Å². The summed E-state index contributed by atoms with van der Waals surface area (Å²) in [7, 11) is 0. The van der Waals surface area contributed by atoms with Crippen molar-refractivity contribution in [3.63, 3.8) is 0 Å². The molecule has 1 aromatic carbocycles. The molecule has 0 aromatic heterocycles. The van der Waals surface area contributed by atoms with E-state index in [2.05, 4.69) is 0 Å². The van der Waals surface area contributed by atoms with Crippen LogP contribution in [0.2, 0.25) is 0 Å². The van der Waals surface area contributed by atoms with Crippen LogP contribution < -0.4 is 0 Å². The number of aliphatic hydroxyl groups is 1. The maximum Gasteiger partial charge on any atom is 0.129 e. The van der Waals surface area contributed by atoms with Crippen LogP contribution in [-0.2, 0) is 0 Å². The second-order valence-electron chi connectivity index (χ2n) is 4.19. The van der Waals surface area contributed by atoms with E-state index < -0.39 is 17.7 Å². The molecule has 3 heteroatoms. The van der Waals surface area contributed by atoms with Gasteiger partial charge in [0.15, 0.2) is 0 Å². The predicted molar refractivity (Wildman–Crippen MR) is 55.6 cm³/mol. The first kappa shape index (κ1) is 12.1. The van der Waals surface area contributed by atoms with Gasteiger partial charge in [0.2, 0.25) is 0 Å². The van der Waals surface area contributed by atoms with Crippen LogP contribution in [0.15, 0.2) is 18.2 Å². The summed E-state index contributed by atoms with van der Waals surface area (Å²) in [4.78, 5) is 0. The minimum Gasteiger partial charge on any atom is -0.392 e. The Balaban J connectivity index is 2.96. The minimum absolute atomic E-state index is 0.0458. The number of rotatable bonds is 3. The third kappa shape index (κ3) is 2.75. The topological polar surface area (TPSA) is 20.2 Å². The maximum atomic E-state index is 13.4. The van der Waals surface area contributed by atoms with Gasteiger partial charge in [0.05, 0.1) is 6.10 Å². The van der Waals surface area contributed by atoms with Gasteiger partial charge in [-0.3, -0.25) is 0 Å². The van der Waals surface area contributed by atoms with E-state index in [4.69, 9.17) is 0 Å². The molecule has 0 radical (unpaired) electrons. The fourth-order valence-corrected chi connectivity index (χ4v) is 1.63. The lowest BCUT2D eigenvalue weighted by Crippen LogP contribution is -2.22. The van der Waals surface area contributed by atoms with Crippen LogP contribution in [0.1, 0.15) is 32.3 Å². The first-order chi connectivity index (χ1) is 6.93. The molecule has 0 fully saturated rings. The van der Waals surface area contributed by atoms with Gasteiger partial charge < -0.3 is 5.11 Å². The van der Waals surface area contributed by atoms with Gasteiger partial charge in [0, 0.05) is 12.0 Å². The van der Waals surface area contributed by atoms with E-state index in [1.165, 1.54) is 12.1 Å². The summed E-state index contributed by atoms with van der Waals surface area (Å²) in [5, 5.41) is 9.78. The SMILES string of the molecule is CC(C)C(O)C(C)c1ccc(F)cc1F. The fourth-order valence-electron chi connectivity index (χ4n) is 1.63. The summed E-state index contributed by atoms with van der Waals surface area (Å²) in [6.45, 7) is 5.46. The zero-order chi connectivity index (χ0) is 11.6. The number of halogens is 2. The molecule has 0 spiro atoms. The minimum atomic E-state index is -0.620. The van der Waals surface area contributed by atoms with Crippen LogP contribution in [0.4, 0.5) is 8.78 Å². The van der Waals surface area contributed by atoms with Crippen molar-refractivity contribution in [2.24, 2.45) is 5.92 Å². The zero-order valence-corrected chi connectivity index (χ0v) is 9.17. The normalized spacial score (nSPS) is 15.4. The number of benzene rings is 1. The largest absolute Gasteiger partial charge is 0.392 e. The van der Waals surface area contributed by atoms with Crippen molar-refractivity contribution in [2.45, 2.75) is 32.8 Å². The third-order valence-corrected chi connectivity index (χ3v) is 2.65. The molecule has 0 saturated carbocycles. The average molecular weight is 214 g/mol. The summed E-state index contributed by atoms with van der Waals surface area (Å²) in [6, 6.07) is 3.45. The summed E-state index contributed by atoms with van der Waals surface area (Å²) in [5.41, 5.74) is 0.359. The molecule has 2 unspecified atom stereocenters. The molecular weight excluding hydrogens is 198 g/mol. The second-order valence-corrected chi connectivity index (χ2v) is 4.19. The van der Waals surface area contributed by atoms with E-state index in [1.54, 1.807) is 6.92 Å². The first-order valence-corrected chi connectivity index (χ1v) is 5.06. The van der Waals surface area contributed by atoms with Crippen molar-refractivity contribution in [3.8, 4) is 0 Å². The molecule has 0 heterocycles. The van der Waals surface area contributed by atoms with Crippen molar-refractivity contribution >= 4 is 0 Å². The van der Waals surface area contributed by atoms with Crippen LogP contribution in [0.25, 0.3) is 0 Å². The monoisotopic (exact) mass is 214 g/mol. The highest BCUT2D eigenvalue weighted by Crippen LogP contribution is 2.26. The molecule has 2 atom stereocenters. The molecule has 84 valence electrons. The highest BCUT2D eigenvalue weighted by atomic mass is 19.1. The predicted octanol–water partition coefficient (Wildman–Crippen LogP) is 3.09. The summed E-state index contributed by atoms with van der Waals surface area (Å²) >= 11 is 0. The van der Waals surface area contributed by atoms with Crippen molar-refractivity contribution < 1.29 is 13.9 Å². The zero-order valence-electron chi connectivity index (χ0n) is 9.17. The smallest absolute Gasteiger partial charge is 0.129 e. The molecule has 1 rings (SSSR count). The Labute approximate surface area is 88.7 Å². The molecule has 0 aliphatic carbocycles. The van der Waals surface area contributed by atoms with Gasteiger partial charge in [-0.25, -0.2) is 8.78 Å². The molecule has 0 bridgehead atoms. The highest BCUT2D eigenvalue weighted by Gasteiger charge is 2.22. The Bertz CT molecular complexity index is 336. The highest BCUT2D eigenvalue weighted by molar-refractivity contribution is 5.23. The lowest BCUT2D eigenvalue weighted by Gasteiger charge is -2.22. The number of hydrogen-bond acceptors (Lipinski definition) is 1. The van der Waals surface area contributed by atoms with Crippen LogP contribution >= 0.6 is 0 Å². The van der Waals surface area contributed by atoms with Crippen LogP contribution in [0.3, 0.4) is 0 Å². The van der Waals surface area contributed by atoms with Crippen molar-refractivity contribution in [2.75, 3.05) is 0 Å².